The van der Waals surface area contributed by atoms with Crippen molar-refractivity contribution in [1.29, 1.82) is 0 Å². The van der Waals surface area contributed by atoms with Gasteiger partial charge in [-0.25, -0.2) is 4.52 Å². The number of hydrogen-bond acceptors (Lipinski definition) is 5. The fraction of sp³-hybridized carbons (Fsp3) is 0.400. The first kappa shape index (κ1) is 10.8. The number of pyridine rings is 1. The second-order valence-electron chi connectivity index (χ2n) is 3.20. The quantitative estimate of drug-likeness (QED) is 0.681. The number of nitrogens with one attached hydrogen (secondary N) is 1. The van der Waals surface area contributed by atoms with E-state index in [1.165, 1.54) is 0 Å². The minimum atomic E-state index is 0.0482. The predicted octanol–water partition coefficient (Wildman–Crippen LogP) is 0.150. The van der Waals surface area contributed by atoms with Crippen molar-refractivity contribution in [2.24, 2.45) is 0 Å². The summed E-state index contributed by atoms with van der Waals surface area (Å²) in [6.07, 6.45) is 1.84. The Morgan fingerprint density at radius 3 is 3.12 bits per heavy atom. The van der Waals surface area contributed by atoms with Gasteiger partial charge in [-0.2, -0.15) is 4.98 Å². The van der Waals surface area contributed by atoms with Crippen molar-refractivity contribution >= 4 is 11.6 Å². The molecule has 0 radical (unpaired) electrons. The van der Waals surface area contributed by atoms with E-state index in [0.717, 1.165) is 5.65 Å². The highest BCUT2D eigenvalue weighted by atomic mass is 16.5. The van der Waals surface area contributed by atoms with Crippen LogP contribution in [0.1, 0.15) is 0 Å². The number of anilines is 1. The molecule has 0 fully saturated rings. The van der Waals surface area contributed by atoms with E-state index in [2.05, 4.69) is 15.4 Å². The van der Waals surface area contributed by atoms with Gasteiger partial charge in [0.1, 0.15) is 0 Å². The molecule has 0 spiro atoms. The van der Waals surface area contributed by atoms with Gasteiger partial charge in [0.05, 0.1) is 19.8 Å². The molecule has 86 valence electrons. The Hall–Kier alpha value is -1.66. The number of nitrogens with zero attached hydrogens (tertiary/aromatic N) is 3. The van der Waals surface area contributed by atoms with Crippen molar-refractivity contribution in [3.63, 3.8) is 0 Å². The van der Waals surface area contributed by atoms with Gasteiger partial charge < -0.3 is 15.2 Å². The predicted molar refractivity (Wildman–Crippen MR) is 59.4 cm³/mol. The number of ether oxygens (including phenoxy) is 1. The Labute approximate surface area is 92.9 Å². The van der Waals surface area contributed by atoms with Crippen molar-refractivity contribution < 1.29 is 9.84 Å². The van der Waals surface area contributed by atoms with Gasteiger partial charge in [-0.1, -0.05) is 6.07 Å². The maximum absolute atomic E-state index is 8.50. The molecule has 0 saturated heterocycles. The SMILES string of the molecule is OCCOCCNc1nc2ccccn2n1. The Bertz CT molecular complexity index is 410. The molecule has 2 heterocycles. The van der Waals surface area contributed by atoms with Crippen molar-refractivity contribution in [3.05, 3.63) is 24.4 Å². The smallest absolute Gasteiger partial charge is 0.243 e. The lowest BCUT2D eigenvalue weighted by Gasteiger charge is -2.01. The molecule has 0 aliphatic carbocycles. The average Bonchev–Trinajstić information content (AvgIpc) is 2.71. The van der Waals surface area contributed by atoms with Crippen LogP contribution in [-0.4, -0.2) is 46.1 Å². The van der Waals surface area contributed by atoms with Crippen LogP contribution in [0.15, 0.2) is 24.4 Å². The summed E-state index contributed by atoms with van der Waals surface area (Å²) in [7, 11) is 0. The summed E-state index contributed by atoms with van der Waals surface area (Å²) >= 11 is 0. The van der Waals surface area contributed by atoms with Crippen molar-refractivity contribution in [3.8, 4) is 0 Å². The second kappa shape index (κ2) is 5.43. The van der Waals surface area contributed by atoms with Gasteiger partial charge in [-0.15, -0.1) is 5.10 Å². The fourth-order valence-electron chi connectivity index (χ4n) is 1.31. The molecule has 0 atom stereocenters. The van der Waals surface area contributed by atoms with Crippen LogP contribution in [0.5, 0.6) is 0 Å². The average molecular weight is 222 g/mol. The van der Waals surface area contributed by atoms with Gasteiger partial charge in [0.2, 0.25) is 5.95 Å². The number of hydrogen-bond donors (Lipinski definition) is 2. The number of aliphatic hydroxyl groups is 1. The molecule has 2 N–H and O–H groups in total. The largest absolute Gasteiger partial charge is 0.394 e. The number of aromatic nitrogens is 3. The summed E-state index contributed by atoms with van der Waals surface area (Å²) in [4.78, 5) is 4.27. The normalized spacial score (nSPS) is 10.8. The van der Waals surface area contributed by atoms with E-state index in [1.807, 2.05) is 24.4 Å². The number of fused-ring (bicyclic) bond motifs is 1. The molecule has 0 aliphatic heterocycles. The van der Waals surface area contributed by atoms with Crippen LogP contribution >= 0.6 is 0 Å². The molecule has 16 heavy (non-hydrogen) atoms. The fourth-order valence-corrected chi connectivity index (χ4v) is 1.31. The molecule has 0 aliphatic rings. The molecular formula is C10H14N4O2. The molecule has 0 amide bonds. The lowest BCUT2D eigenvalue weighted by Crippen LogP contribution is -2.12. The van der Waals surface area contributed by atoms with E-state index < -0.39 is 0 Å². The molecule has 0 saturated carbocycles. The van der Waals surface area contributed by atoms with E-state index in [1.54, 1.807) is 4.52 Å². The van der Waals surface area contributed by atoms with Gasteiger partial charge in [-0.3, -0.25) is 0 Å². The zero-order valence-corrected chi connectivity index (χ0v) is 8.83. The van der Waals surface area contributed by atoms with Crippen LogP contribution in [0.2, 0.25) is 0 Å². The van der Waals surface area contributed by atoms with Crippen LogP contribution in [0.4, 0.5) is 5.95 Å². The standard InChI is InChI=1S/C10H14N4O2/c15-6-8-16-7-4-11-10-12-9-3-1-2-5-14(9)13-10/h1-3,5,15H,4,6-8H2,(H,11,13). The molecule has 0 unspecified atom stereocenters. The van der Waals surface area contributed by atoms with Gasteiger partial charge in [0, 0.05) is 12.7 Å². The minimum Gasteiger partial charge on any atom is -0.394 e. The summed E-state index contributed by atoms with van der Waals surface area (Å²) in [6.45, 7) is 1.56. The van der Waals surface area contributed by atoms with E-state index >= 15 is 0 Å². The molecule has 2 aromatic heterocycles. The van der Waals surface area contributed by atoms with E-state index in [-0.39, 0.29) is 6.61 Å². The third kappa shape index (κ3) is 2.68. The lowest BCUT2D eigenvalue weighted by molar-refractivity contribution is 0.0991. The Morgan fingerprint density at radius 2 is 2.31 bits per heavy atom. The van der Waals surface area contributed by atoms with E-state index in [4.69, 9.17) is 9.84 Å². The molecule has 0 bridgehead atoms. The third-order valence-corrected chi connectivity index (χ3v) is 2.01. The van der Waals surface area contributed by atoms with Crippen molar-refractivity contribution in [2.45, 2.75) is 0 Å². The molecule has 2 aromatic rings. The van der Waals surface area contributed by atoms with Crippen molar-refractivity contribution in [1.82, 2.24) is 14.6 Å². The van der Waals surface area contributed by atoms with Crippen LogP contribution in [0, 0.1) is 0 Å². The topological polar surface area (TPSA) is 71.7 Å². The maximum Gasteiger partial charge on any atom is 0.243 e. The first-order valence-electron chi connectivity index (χ1n) is 5.14. The third-order valence-electron chi connectivity index (χ3n) is 2.01. The monoisotopic (exact) mass is 222 g/mol. The number of aliphatic hydroxyl groups excluding tert-OH is 1. The summed E-state index contributed by atoms with van der Waals surface area (Å²) < 4.78 is 6.81. The minimum absolute atomic E-state index is 0.0482. The van der Waals surface area contributed by atoms with E-state index in [9.17, 15) is 0 Å². The molecule has 6 heteroatoms. The highest BCUT2D eigenvalue weighted by Gasteiger charge is 2.00. The Morgan fingerprint density at radius 1 is 1.38 bits per heavy atom. The zero-order chi connectivity index (χ0) is 11.2. The van der Waals surface area contributed by atoms with Crippen molar-refractivity contribution in [2.75, 3.05) is 31.7 Å². The maximum atomic E-state index is 8.50. The summed E-state index contributed by atoms with van der Waals surface area (Å²) in [5.74, 6) is 0.582. The Kier molecular flexibility index (Phi) is 3.68. The molecular weight excluding hydrogens is 208 g/mol. The summed E-state index contributed by atoms with van der Waals surface area (Å²) in [5, 5.41) is 15.8. The molecule has 2 rings (SSSR count). The van der Waals surface area contributed by atoms with Crippen LogP contribution in [0.3, 0.4) is 0 Å². The first-order valence-corrected chi connectivity index (χ1v) is 5.14. The van der Waals surface area contributed by atoms with Gasteiger partial charge >= 0.3 is 0 Å². The first-order chi connectivity index (χ1) is 7.90. The van der Waals surface area contributed by atoms with Gasteiger partial charge in [0.15, 0.2) is 5.65 Å². The van der Waals surface area contributed by atoms with Gasteiger partial charge in [0.25, 0.3) is 0 Å². The lowest BCUT2D eigenvalue weighted by atomic mass is 10.5. The van der Waals surface area contributed by atoms with Gasteiger partial charge in [-0.05, 0) is 12.1 Å². The highest BCUT2D eigenvalue weighted by Crippen LogP contribution is 2.03. The zero-order valence-electron chi connectivity index (χ0n) is 8.83. The summed E-state index contributed by atoms with van der Waals surface area (Å²) in [6, 6.07) is 5.70. The molecule has 0 aromatic carbocycles. The van der Waals surface area contributed by atoms with Crippen LogP contribution in [0.25, 0.3) is 5.65 Å². The summed E-state index contributed by atoms with van der Waals surface area (Å²) in [5.41, 5.74) is 0.807. The number of rotatable bonds is 6. The second-order valence-corrected chi connectivity index (χ2v) is 3.20. The van der Waals surface area contributed by atoms with Crippen LogP contribution < -0.4 is 5.32 Å². The van der Waals surface area contributed by atoms with E-state index in [0.29, 0.717) is 25.7 Å². The Balaban J connectivity index is 1.85. The molecule has 6 nitrogen and oxygen atoms in total. The highest BCUT2D eigenvalue weighted by molar-refractivity contribution is 5.42. The van der Waals surface area contributed by atoms with Crippen LogP contribution in [-0.2, 0) is 4.74 Å².